The van der Waals surface area contributed by atoms with E-state index in [9.17, 15) is 0 Å². The van der Waals surface area contributed by atoms with Crippen molar-refractivity contribution in [3.8, 4) is 0 Å². The van der Waals surface area contributed by atoms with Crippen LogP contribution in [-0.4, -0.2) is 54.1 Å². The van der Waals surface area contributed by atoms with Crippen LogP contribution in [0, 0.1) is 11.8 Å². The lowest BCUT2D eigenvalue weighted by Gasteiger charge is -2.25. The SMILES string of the molecule is c1ccc2c(N3CC4CCC(CC4)C3)nc(NCCN3CCCC3)nc2c1. The summed E-state index contributed by atoms with van der Waals surface area (Å²) in [5.74, 6) is 3.61. The Morgan fingerprint density at radius 2 is 1.63 bits per heavy atom. The van der Waals surface area contributed by atoms with E-state index in [-0.39, 0.29) is 0 Å². The van der Waals surface area contributed by atoms with Crippen LogP contribution in [0.3, 0.4) is 0 Å². The van der Waals surface area contributed by atoms with Gasteiger partial charge in [-0.3, -0.25) is 0 Å². The Morgan fingerprint density at radius 1 is 0.926 bits per heavy atom. The maximum atomic E-state index is 5.01. The van der Waals surface area contributed by atoms with Gasteiger partial charge in [0.05, 0.1) is 5.52 Å². The average molecular weight is 366 g/mol. The summed E-state index contributed by atoms with van der Waals surface area (Å²) in [7, 11) is 0. The monoisotopic (exact) mass is 365 g/mol. The van der Waals surface area contributed by atoms with E-state index in [1.807, 2.05) is 0 Å². The second-order valence-corrected chi connectivity index (χ2v) is 8.66. The first-order chi connectivity index (χ1) is 13.3. The van der Waals surface area contributed by atoms with Gasteiger partial charge in [-0.15, -0.1) is 0 Å². The summed E-state index contributed by atoms with van der Waals surface area (Å²) in [5, 5.41) is 4.70. The van der Waals surface area contributed by atoms with E-state index in [4.69, 9.17) is 9.97 Å². The van der Waals surface area contributed by atoms with Crippen molar-refractivity contribution >= 4 is 22.7 Å². The topological polar surface area (TPSA) is 44.3 Å². The Balaban J connectivity index is 1.40. The molecule has 2 bridgehead atoms. The summed E-state index contributed by atoms with van der Waals surface area (Å²) in [4.78, 5) is 14.9. The fourth-order valence-corrected chi connectivity index (χ4v) is 5.18. The molecule has 4 aliphatic rings. The number of anilines is 2. The lowest BCUT2D eigenvalue weighted by Crippen LogP contribution is -2.30. The first kappa shape index (κ1) is 17.2. The molecular weight excluding hydrogens is 334 g/mol. The van der Waals surface area contributed by atoms with E-state index in [0.29, 0.717) is 0 Å². The largest absolute Gasteiger partial charge is 0.355 e. The van der Waals surface area contributed by atoms with Gasteiger partial charge in [-0.25, -0.2) is 4.98 Å². The lowest BCUT2D eigenvalue weighted by molar-refractivity contribution is 0.326. The van der Waals surface area contributed by atoms with Crippen molar-refractivity contribution in [2.45, 2.75) is 38.5 Å². The molecule has 5 heteroatoms. The minimum absolute atomic E-state index is 0.791. The van der Waals surface area contributed by atoms with Gasteiger partial charge >= 0.3 is 0 Å². The minimum atomic E-state index is 0.791. The molecule has 0 unspecified atom stereocenters. The summed E-state index contributed by atoms with van der Waals surface area (Å²) in [6.07, 6.45) is 8.26. The van der Waals surface area contributed by atoms with E-state index in [0.717, 1.165) is 55.3 Å². The fourth-order valence-electron chi connectivity index (χ4n) is 5.18. The number of fused-ring (bicyclic) bond motifs is 5. The lowest BCUT2D eigenvalue weighted by atomic mass is 9.84. The minimum Gasteiger partial charge on any atom is -0.355 e. The Kier molecular flexibility index (Phi) is 4.87. The van der Waals surface area contributed by atoms with E-state index in [1.165, 1.54) is 57.0 Å². The van der Waals surface area contributed by atoms with Crippen molar-refractivity contribution < 1.29 is 0 Å². The molecule has 1 aromatic carbocycles. The molecular formula is C22H31N5. The molecule has 2 aromatic rings. The van der Waals surface area contributed by atoms with Crippen LogP contribution in [0.15, 0.2) is 24.3 Å². The van der Waals surface area contributed by atoms with E-state index in [2.05, 4.69) is 39.4 Å². The number of nitrogens with zero attached hydrogens (tertiary/aromatic N) is 4. The zero-order valence-corrected chi connectivity index (χ0v) is 16.2. The third kappa shape index (κ3) is 3.75. The molecule has 3 saturated heterocycles. The van der Waals surface area contributed by atoms with Gasteiger partial charge in [0, 0.05) is 31.6 Å². The summed E-state index contributed by atoms with van der Waals surface area (Å²) >= 11 is 0. The molecule has 1 N–H and O–H groups in total. The molecule has 1 saturated carbocycles. The molecule has 0 atom stereocenters. The van der Waals surface area contributed by atoms with Gasteiger partial charge in [0.1, 0.15) is 5.82 Å². The number of rotatable bonds is 5. The predicted octanol–water partition coefficient (Wildman–Crippen LogP) is 3.76. The molecule has 5 nitrogen and oxygen atoms in total. The smallest absolute Gasteiger partial charge is 0.225 e. The number of benzene rings is 1. The number of aromatic nitrogens is 2. The first-order valence-electron chi connectivity index (χ1n) is 10.8. The Bertz CT molecular complexity index is 763. The maximum absolute atomic E-state index is 5.01. The highest BCUT2D eigenvalue weighted by Gasteiger charge is 2.30. The number of nitrogens with one attached hydrogen (secondary N) is 1. The highest BCUT2D eigenvalue weighted by molar-refractivity contribution is 5.90. The van der Waals surface area contributed by atoms with Crippen molar-refractivity contribution in [2.24, 2.45) is 11.8 Å². The normalized spacial score (nSPS) is 25.9. The molecule has 4 fully saturated rings. The van der Waals surface area contributed by atoms with Crippen molar-refractivity contribution in [1.82, 2.24) is 14.9 Å². The highest BCUT2D eigenvalue weighted by atomic mass is 15.2. The van der Waals surface area contributed by atoms with Crippen molar-refractivity contribution in [3.05, 3.63) is 24.3 Å². The van der Waals surface area contributed by atoms with Crippen LogP contribution in [-0.2, 0) is 0 Å². The number of hydrogen-bond donors (Lipinski definition) is 1. The highest BCUT2D eigenvalue weighted by Crippen LogP contribution is 2.37. The van der Waals surface area contributed by atoms with E-state index < -0.39 is 0 Å². The third-order valence-electron chi connectivity index (χ3n) is 6.72. The predicted molar refractivity (Wildman–Crippen MR) is 111 cm³/mol. The Morgan fingerprint density at radius 3 is 2.37 bits per heavy atom. The molecule has 27 heavy (non-hydrogen) atoms. The van der Waals surface area contributed by atoms with Gasteiger partial charge in [0.2, 0.25) is 5.95 Å². The second-order valence-electron chi connectivity index (χ2n) is 8.66. The van der Waals surface area contributed by atoms with Crippen molar-refractivity contribution in [1.29, 1.82) is 0 Å². The van der Waals surface area contributed by atoms with Crippen LogP contribution in [0.25, 0.3) is 10.9 Å². The third-order valence-corrected chi connectivity index (χ3v) is 6.72. The van der Waals surface area contributed by atoms with E-state index in [1.54, 1.807) is 0 Å². The van der Waals surface area contributed by atoms with Gasteiger partial charge in [-0.2, -0.15) is 4.98 Å². The molecule has 3 aliphatic heterocycles. The number of likely N-dealkylation sites (tertiary alicyclic amines) is 1. The van der Waals surface area contributed by atoms with Crippen molar-refractivity contribution in [3.63, 3.8) is 0 Å². The van der Waals surface area contributed by atoms with Crippen LogP contribution >= 0.6 is 0 Å². The number of hydrogen-bond acceptors (Lipinski definition) is 5. The molecule has 6 rings (SSSR count). The molecule has 144 valence electrons. The molecule has 1 aliphatic carbocycles. The van der Waals surface area contributed by atoms with Crippen LogP contribution in [0.2, 0.25) is 0 Å². The molecule has 0 amide bonds. The number of para-hydroxylation sites is 1. The van der Waals surface area contributed by atoms with E-state index >= 15 is 0 Å². The second kappa shape index (κ2) is 7.63. The maximum Gasteiger partial charge on any atom is 0.225 e. The van der Waals surface area contributed by atoms with Crippen LogP contribution < -0.4 is 10.2 Å². The summed E-state index contributed by atoms with van der Waals surface area (Å²) in [6, 6.07) is 8.51. The van der Waals surface area contributed by atoms with Crippen LogP contribution in [0.4, 0.5) is 11.8 Å². The quantitative estimate of drug-likeness (QED) is 0.874. The summed E-state index contributed by atoms with van der Waals surface area (Å²) < 4.78 is 0. The van der Waals surface area contributed by atoms with Crippen molar-refractivity contribution in [2.75, 3.05) is 49.5 Å². The Hall–Kier alpha value is -1.88. The van der Waals surface area contributed by atoms with Gasteiger partial charge in [-0.1, -0.05) is 12.1 Å². The van der Waals surface area contributed by atoms with Gasteiger partial charge in [-0.05, 0) is 75.6 Å². The zero-order valence-electron chi connectivity index (χ0n) is 16.2. The van der Waals surface area contributed by atoms with Gasteiger partial charge < -0.3 is 15.1 Å². The fraction of sp³-hybridized carbons (Fsp3) is 0.636. The standard InChI is InChI=1S/C22H31N5/c1-2-6-20-19(5-1)21(27-15-17-7-8-18(16-27)10-9-17)25-22(24-20)23-11-14-26-12-3-4-13-26/h1-2,5-6,17-18H,3-4,7-16H2,(H,23,24,25). The molecule has 1 aromatic heterocycles. The first-order valence-corrected chi connectivity index (χ1v) is 10.8. The molecule has 0 spiro atoms. The molecule has 4 heterocycles. The van der Waals surface area contributed by atoms with Crippen LogP contribution in [0.5, 0.6) is 0 Å². The molecule has 0 radical (unpaired) electrons. The summed E-state index contributed by atoms with van der Waals surface area (Å²) in [6.45, 7) is 6.79. The Labute approximate surface area is 162 Å². The van der Waals surface area contributed by atoms with Crippen LogP contribution in [0.1, 0.15) is 38.5 Å². The summed E-state index contributed by atoms with van der Waals surface area (Å²) in [5.41, 5.74) is 1.06. The zero-order chi connectivity index (χ0) is 18.1. The average Bonchev–Trinajstić information content (AvgIpc) is 3.04. The van der Waals surface area contributed by atoms with Gasteiger partial charge in [0.15, 0.2) is 0 Å². The van der Waals surface area contributed by atoms with Gasteiger partial charge in [0.25, 0.3) is 0 Å².